The molecule has 0 aliphatic heterocycles. The van der Waals surface area contributed by atoms with Gasteiger partial charge in [-0.25, -0.2) is 0 Å². The van der Waals surface area contributed by atoms with Crippen LogP contribution in [0.15, 0.2) is 21.0 Å². The van der Waals surface area contributed by atoms with Gasteiger partial charge in [-0.15, -0.1) is 0 Å². The van der Waals surface area contributed by atoms with Gasteiger partial charge in [0.1, 0.15) is 11.3 Å². The second-order valence-electron chi connectivity index (χ2n) is 4.93. The minimum Gasteiger partial charge on any atom is -0.458 e. The van der Waals surface area contributed by atoms with Crippen molar-refractivity contribution in [3.63, 3.8) is 0 Å². The molecule has 0 radical (unpaired) electrons. The van der Waals surface area contributed by atoms with Crippen molar-refractivity contribution in [1.29, 1.82) is 0 Å². The maximum absolute atomic E-state index is 5.86. The summed E-state index contributed by atoms with van der Waals surface area (Å²) in [5, 5.41) is 1.20. The summed E-state index contributed by atoms with van der Waals surface area (Å²) in [6, 6.07) is 4.26. The number of halogens is 1. The molecule has 2 rings (SSSR count). The normalized spacial score (nSPS) is 11.6. The predicted octanol–water partition coefficient (Wildman–Crippen LogP) is 4.16. The topological polar surface area (TPSA) is 39.2 Å². The van der Waals surface area contributed by atoms with Crippen molar-refractivity contribution in [2.45, 2.75) is 33.7 Å². The van der Waals surface area contributed by atoms with E-state index >= 15 is 0 Å². The highest BCUT2D eigenvalue weighted by molar-refractivity contribution is 9.10. The fourth-order valence-electron chi connectivity index (χ4n) is 2.19. The first kappa shape index (κ1) is 12.7. The van der Waals surface area contributed by atoms with E-state index in [9.17, 15) is 0 Å². The molecule has 2 nitrogen and oxygen atoms in total. The summed E-state index contributed by atoms with van der Waals surface area (Å²) in [6.45, 7) is 6.98. The highest BCUT2D eigenvalue weighted by atomic mass is 79.9. The molecule has 0 bridgehead atoms. The highest BCUT2D eigenvalue weighted by Crippen LogP contribution is 2.33. The van der Waals surface area contributed by atoms with Gasteiger partial charge in [-0.3, -0.25) is 0 Å². The Morgan fingerprint density at radius 1 is 1.35 bits per heavy atom. The summed E-state index contributed by atoms with van der Waals surface area (Å²) in [5.41, 5.74) is 9.19. The molecule has 0 atom stereocenters. The Labute approximate surface area is 110 Å². The van der Waals surface area contributed by atoms with Crippen molar-refractivity contribution in [1.82, 2.24) is 0 Å². The Bertz CT molecular complexity index is 543. The number of benzene rings is 1. The predicted molar refractivity (Wildman–Crippen MR) is 75.1 cm³/mol. The summed E-state index contributed by atoms with van der Waals surface area (Å²) < 4.78 is 6.87. The van der Waals surface area contributed by atoms with E-state index in [-0.39, 0.29) is 0 Å². The van der Waals surface area contributed by atoms with Crippen LogP contribution in [0, 0.1) is 12.8 Å². The average Bonchev–Trinajstić information content (AvgIpc) is 2.56. The molecule has 0 saturated heterocycles. The van der Waals surface area contributed by atoms with E-state index in [2.05, 4.69) is 48.8 Å². The SMILES string of the molecule is Cc1cc(Br)c2oc(CN)c(CC(C)C)c2c1. The zero-order chi connectivity index (χ0) is 12.6. The number of hydrogen-bond acceptors (Lipinski definition) is 2. The molecule has 0 amide bonds. The van der Waals surface area contributed by atoms with E-state index in [0.29, 0.717) is 12.5 Å². The van der Waals surface area contributed by atoms with Gasteiger partial charge in [-0.2, -0.15) is 0 Å². The molecule has 2 aromatic rings. The maximum atomic E-state index is 5.86. The van der Waals surface area contributed by atoms with Crippen LogP contribution in [0.25, 0.3) is 11.0 Å². The molecule has 1 heterocycles. The van der Waals surface area contributed by atoms with Crippen LogP contribution in [0.5, 0.6) is 0 Å². The summed E-state index contributed by atoms with van der Waals surface area (Å²) in [4.78, 5) is 0. The lowest BCUT2D eigenvalue weighted by Gasteiger charge is -2.05. The van der Waals surface area contributed by atoms with Gasteiger partial charge in [0.25, 0.3) is 0 Å². The zero-order valence-electron chi connectivity index (χ0n) is 10.5. The second kappa shape index (κ2) is 4.83. The number of fused-ring (bicyclic) bond motifs is 1. The third kappa shape index (κ3) is 2.40. The molecule has 0 aliphatic carbocycles. The number of nitrogens with two attached hydrogens (primary N) is 1. The minimum atomic E-state index is 0.461. The molecule has 92 valence electrons. The van der Waals surface area contributed by atoms with Crippen LogP contribution in [-0.2, 0) is 13.0 Å². The molecule has 2 N–H and O–H groups in total. The smallest absolute Gasteiger partial charge is 0.148 e. The highest BCUT2D eigenvalue weighted by Gasteiger charge is 2.16. The van der Waals surface area contributed by atoms with Crippen LogP contribution in [0.1, 0.15) is 30.7 Å². The molecular formula is C14H18BrNO. The van der Waals surface area contributed by atoms with Crippen LogP contribution in [-0.4, -0.2) is 0 Å². The van der Waals surface area contributed by atoms with Crippen molar-refractivity contribution in [2.24, 2.45) is 11.7 Å². The third-order valence-corrected chi connectivity index (χ3v) is 3.46. The van der Waals surface area contributed by atoms with Gasteiger partial charge in [-0.1, -0.05) is 13.8 Å². The maximum Gasteiger partial charge on any atom is 0.148 e. The Balaban J connectivity index is 2.69. The molecule has 3 heteroatoms. The molecule has 0 unspecified atom stereocenters. The van der Waals surface area contributed by atoms with Crippen LogP contribution in [0.2, 0.25) is 0 Å². The first-order chi connectivity index (χ1) is 8.02. The van der Waals surface area contributed by atoms with Gasteiger partial charge in [0, 0.05) is 10.9 Å². The van der Waals surface area contributed by atoms with Crippen molar-refractivity contribution in [3.8, 4) is 0 Å². The molecule has 0 aliphatic rings. The Morgan fingerprint density at radius 3 is 2.65 bits per heavy atom. The monoisotopic (exact) mass is 295 g/mol. The van der Waals surface area contributed by atoms with E-state index in [1.807, 2.05) is 0 Å². The van der Waals surface area contributed by atoms with Crippen molar-refractivity contribution in [2.75, 3.05) is 0 Å². The standard InChI is InChI=1S/C14H18BrNO/c1-8(2)4-10-11-5-9(3)6-12(15)14(11)17-13(10)7-16/h5-6,8H,4,7,16H2,1-3H3. The van der Waals surface area contributed by atoms with Crippen molar-refractivity contribution >= 4 is 26.9 Å². The van der Waals surface area contributed by atoms with E-state index in [1.54, 1.807) is 0 Å². The van der Waals surface area contributed by atoms with Crippen LogP contribution in [0.4, 0.5) is 0 Å². The Kier molecular flexibility index (Phi) is 3.59. The Morgan fingerprint density at radius 2 is 2.06 bits per heavy atom. The molecule has 1 aromatic heterocycles. The van der Waals surface area contributed by atoms with Gasteiger partial charge in [0.15, 0.2) is 0 Å². The zero-order valence-corrected chi connectivity index (χ0v) is 12.1. The van der Waals surface area contributed by atoms with E-state index in [4.69, 9.17) is 10.2 Å². The van der Waals surface area contributed by atoms with Gasteiger partial charge in [-0.05, 0) is 52.9 Å². The molecule has 17 heavy (non-hydrogen) atoms. The van der Waals surface area contributed by atoms with Crippen LogP contribution < -0.4 is 5.73 Å². The lowest BCUT2D eigenvalue weighted by atomic mass is 9.99. The number of aryl methyl sites for hydroxylation is 1. The summed E-state index contributed by atoms with van der Waals surface area (Å²) in [5.74, 6) is 1.51. The first-order valence-electron chi connectivity index (χ1n) is 5.93. The fourth-order valence-corrected chi connectivity index (χ4v) is 2.84. The van der Waals surface area contributed by atoms with Gasteiger partial charge < -0.3 is 10.2 Å². The van der Waals surface area contributed by atoms with Crippen molar-refractivity contribution in [3.05, 3.63) is 33.5 Å². The third-order valence-electron chi connectivity index (χ3n) is 2.87. The summed E-state index contributed by atoms with van der Waals surface area (Å²) >= 11 is 3.56. The van der Waals surface area contributed by atoms with E-state index < -0.39 is 0 Å². The average molecular weight is 296 g/mol. The molecule has 0 spiro atoms. The second-order valence-corrected chi connectivity index (χ2v) is 5.78. The number of hydrogen-bond donors (Lipinski definition) is 1. The first-order valence-corrected chi connectivity index (χ1v) is 6.72. The number of rotatable bonds is 3. The fraction of sp³-hybridized carbons (Fsp3) is 0.429. The largest absolute Gasteiger partial charge is 0.458 e. The van der Waals surface area contributed by atoms with Crippen LogP contribution >= 0.6 is 15.9 Å². The number of furan rings is 1. The van der Waals surface area contributed by atoms with Gasteiger partial charge in [0.2, 0.25) is 0 Å². The van der Waals surface area contributed by atoms with Crippen molar-refractivity contribution < 1.29 is 4.42 Å². The van der Waals surface area contributed by atoms with Gasteiger partial charge in [0.05, 0.1) is 11.0 Å². The van der Waals surface area contributed by atoms with E-state index in [1.165, 1.54) is 16.5 Å². The van der Waals surface area contributed by atoms with Crippen LogP contribution in [0.3, 0.4) is 0 Å². The molecule has 0 fully saturated rings. The lowest BCUT2D eigenvalue weighted by Crippen LogP contribution is -2.01. The van der Waals surface area contributed by atoms with Gasteiger partial charge >= 0.3 is 0 Å². The molecule has 1 aromatic carbocycles. The summed E-state index contributed by atoms with van der Waals surface area (Å²) in [6.07, 6.45) is 1.01. The minimum absolute atomic E-state index is 0.461. The summed E-state index contributed by atoms with van der Waals surface area (Å²) in [7, 11) is 0. The van der Waals surface area contributed by atoms with E-state index in [0.717, 1.165) is 22.2 Å². The molecule has 0 saturated carbocycles. The molecular weight excluding hydrogens is 278 g/mol. The quantitative estimate of drug-likeness (QED) is 0.923. The Hall–Kier alpha value is -0.800. The lowest BCUT2D eigenvalue weighted by molar-refractivity contribution is 0.534.